The van der Waals surface area contributed by atoms with Crippen molar-refractivity contribution >= 4 is 11.9 Å². The molecule has 2 aromatic rings. The van der Waals surface area contributed by atoms with Crippen LogP contribution in [-0.2, 0) is 4.79 Å². The fourth-order valence-corrected chi connectivity index (χ4v) is 2.21. The number of amides is 1. The zero-order chi connectivity index (χ0) is 16.8. The van der Waals surface area contributed by atoms with Crippen molar-refractivity contribution in [1.29, 1.82) is 0 Å². The molecule has 23 heavy (non-hydrogen) atoms. The van der Waals surface area contributed by atoms with Gasteiger partial charge >= 0.3 is 5.97 Å². The van der Waals surface area contributed by atoms with Crippen LogP contribution >= 0.6 is 0 Å². The minimum Gasteiger partial charge on any atom is -0.497 e. The monoisotopic (exact) mass is 313 g/mol. The van der Waals surface area contributed by atoms with Gasteiger partial charge in [0.15, 0.2) is 0 Å². The first kappa shape index (κ1) is 16.5. The van der Waals surface area contributed by atoms with Gasteiger partial charge in [-0.1, -0.05) is 29.8 Å². The van der Waals surface area contributed by atoms with Crippen LogP contribution in [0.5, 0.6) is 5.75 Å². The second-order valence-electron chi connectivity index (χ2n) is 5.26. The van der Waals surface area contributed by atoms with Gasteiger partial charge in [-0.15, -0.1) is 0 Å². The van der Waals surface area contributed by atoms with Gasteiger partial charge in [0.2, 0.25) is 0 Å². The van der Waals surface area contributed by atoms with Crippen molar-refractivity contribution in [2.24, 2.45) is 0 Å². The lowest BCUT2D eigenvalue weighted by atomic mass is 10.0. The van der Waals surface area contributed by atoms with E-state index in [1.807, 2.05) is 19.1 Å². The van der Waals surface area contributed by atoms with Crippen molar-refractivity contribution in [2.75, 3.05) is 7.11 Å². The maximum Gasteiger partial charge on any atom is 0.305 e. The highest BCUT2D eigenvalue weighted by Gasteiger charge is 2.19. The number of carbonyl (C=O) groups is 2. The Balaban J connectivity index is 2.18. The number of methoxy groups -OCH3 is 1. The second kappa shape index (κ2) is 7.45. The summed E-state index contributed by atoms with van der Waals surface area (Å²) in [6.45, 7) is 1.94. The van der Waals surface area contributed by atoms with E-state index in [9.17, 15) is 9.59 Å². The lowest BCUT2D eigenvalue weighted by molar-refractivity contribution is -0.137. The average Bonchev–Trinajstić information content (AvgIpc) is 2.54. The molecule has 0 saturated carbocycles. The third kappa shape index (κ3) is 4.57. The number of benzene rings is 2. The zero-order valence-electron chi connectivity index (χ0n) is 13.1. The summed E-state index contributed by atoms with van der Waals surface area (Å²) in [6, 6.07) is 13.5. The van der Waals surface area contributed by atoms with Crippen molar-refractivity contribution in [3.63, 3.8) is 0 Å². The topological polar surface area (TPSA) is 75.6 Å². The van der Waals surface area contributed by atoms with Crippen LogP contribution in [-0.4, -0.2) is 24.1 Å². The van der Waals surface area contributed by atoms with Crippen molar-refractivity contribution < 1.29 is 19.4 Å². The molecule has 0 unspecified atom stereocenters. The standard InChI is InChI=1S/C18H19NO4/c1-12-3-5-14(6-4-12)18(22)19-16(11-17(20)21)13-7-9-15(23-2)10-8-13/h3-10,16H,11H2,1-2H3,(H,19,22)(H,20,21)/t16-/m1/s1. The fourth-order valence-electron chi connectivity index (χ4n) is 2.21. The molecule has 0 fully saturated rings. The van der Waals surface area contributed by atoms with Gasteiger partial charge in [0, 0.05) is 5.56 Å². The smallest absolute Gasteiger partial charge is 0.305 e. The highest BCUT2D eigenvalue weighted by atomic mass is 16.5. The van der Waals surface area contributed by atoms with Crippen molar-refractivity contribution in [1.82, 2.24) is 5.32 Å². The van der Waals surface area contributed by atoms with Gasteiger partial charge in [-0.3, -0.25) is 9.59 Å². The van der Waals surface area contributed by atoms with Gasteiger partial charge in [-0.25, -0.2) is 0 Å². The molecule has 1 amide bonds. The van der Waals surface area contributed by atoms with Crippen LogP contribution in [0, 0.1) is 6.92 Å². The maximum atomic E-state index is 12.3. The predicted molar refractivity (Wildman–Crippen MR) is 86.6 cm³/mol. The highest BCUT2D eigenvalue weighted by Crippen LogP contribution is 2.21. The molecular formula is C18H19NO4. The Labute approximate surface area is 134 Å². The Morgan fingerprint density at radius 1 is 1.09 bits per heavy atom. The van der Waals surface area contributed by atoms with Gasteiger partial charge in [-0.2, -0.15) is 0 Å². The summed E-state index contributed by atoms with van der Waals surface area (Å²) in [6.07, 6.45) is -0.191. The Morgan fingerprint density at radius 3 is 2.22 bits per heavy atom. The second-order valence-corrected chi connectivity index (χ2v) is 5.26. The fraction of sp³-hybridized carbons (Fsp3) is 0.222. The minimum absolute atomic E-state index is 0.191. The number of carboxylic acids is 1. The first-order valence-corrected chi connectivity index (χ1v) is 7.23. The first-order valence-electron chi connectivity index (χ1n) is 7.23. The quantitative estimate of drug-likeness (QED) is 0.859. The largest absolute Gasteiger partial charge is 0.497 e. The SMILES string of the molecule is COc1ccc([C@@H](CC(=O)O)NC(=O)c2ccc(C)cc2)cc1. The number of carbonyl (C=O) groups excluding carboxylic acids is 1. The van der Waals surface area contributed by atoms with Crippen LogP contribution in [0.25, 0.3) is 0 Å². The summed E-state index contributed by atoms with van der Waals surface area (Å²) in [7, 11) is 1.56. The minimum atomic E-state index is -0.977. The van der Waals surface area contributed by atoms with E-state index in [-0.39, 0.29) is 12.3 Å². The molecule has 5 heteroatoms. The molecule has 0 aliphatic rings. The van der Waals surface area contributed by atoms with E-state index in [4.69, 9.17) is 9.84 Å². The lowest BCUT2D eigenvalue weighted by Gasteiger charge is -2.18. The van der Waals surface area contributed by atoms with E-state index in [1.54, 1.807) is 43.5 Å². The van der Waals surface area contributed by atoms with E-state index in [2.05, 4.69) is 5.32 Å². The average molecular weight is 313 g/mol. The Kier molecular flexibility index (Phi) is 5.36. The van der Waals surface area contributed by atoms with Gasteiger partial charge in [0.25, 0.3) is 5.91 Å². The molecule has 1 atom stereocenters. The van der Waals surface area contributed by atoms with E-state index in [0.717, 1.165) is 5.56 Å². The Hall–Kier alpha value is -2.82. The summed E-state index contributed by atoms with van der Waals surface area (Å²) >= 11 is 0. The molecule has 0 aromatic heterocycles. The van der Waals surface area contributed by atoms with Crippen LogP contribution in [0.15, 0.2) is 48.5 Å². The van der Waals surface area contributed by atoms with E-state index < -0.39 is 12.0 Å². The number of rotatable bonds is 6. The molecule has 0 spiro atoms. The normalized spacial score (nSPS) is 11.6. The van der Waals surface area contributed by atoms with Gasteiger partial charge in [-0.05, 0) is 36.8 Å². The first-order chi connectivity index (χ1) is 11.0. The maximum absolute atomic E-state index is 12.3. The molecule has 0 aliphatic carbocycles. The van der Waals surface area contributed by atoms with E-state index in [0.29, 0.717) is 16.9 Å². The van der Waals surface area contributed by atoms with Crippen molar-refractivity contribution in [3.8, 4) is 5.75 Å². The zero-order valence-corrected chi connectivity index (χ0v) is 13.1. The van der Waals surface area contributed by atoms with Crippen molar-refractivity contribution in [3.05, 3.63) is 65.2 Å². The number of ether oxygens (including phenoxy) is 1. The number of aryl methyl sites for hydroxylation is 1. The predicted octanol–water partition coefficient (Wildman–Crippen LogP) is 2.95. The third-order valence-electron chi connectivity index (χ3n) is 3.52. The molecule has 5 nitrogen and oxygen atoms in total. The molecule has 0 aliphatic heterocycles. The van der Waals surface area contributed by atoms with Crippen LogP contribution in [0.3, 0.4) is 0 Å². The Morgan fingerprint density at radius 2 is 1.70 bits per heavy atom. The molecule has 120 valence electrons. The van der Waals surface area contributed by atoms with E-state index >= 15 is 0 Å². The third-order valence-corrected chi connectivity index (χ3v) is 3.52. The lowest BCUT2D eigenvalue weighted by Crippen LogP contribution is -2.30. The summed E-state index contributed by atoms with van der Waals surface area (Å²) in [5.74, 6) is -0.602. The number of hydrogen-bond acceptors (Lipinski definition) is 3. The number of nitrogens with one attached hydrogen (secondary N) is 1. The van der Waals surface area contributed by atoms with Crippen LogP contribution < -0.4 is 10.1 Å². The van der Waals surface area contributed by atoms with Crippen LogP contribution in [0.1, 0.15) is 33.9 Å². The molecule has 0 heterocycles. The molecule has 0 radical (unpaired) electrons. The van der Waals surface area contributed by atoms with Crippen LogP contribution in [0.2, 0.25) is 0 Å². The number of carboxylic acid groups (broad SMARTS) is 1. The molecule has 2 aromatic carbocycles. The van der Waals surface area contributed by atoms with Crippen LogP contribution in [0.4, 0.5) is 0 Å². The summed E-state index contributed by atoms with van der Waals surface area (Å²) in [5, 5.41) is 11.9. The van der Waals surface area contributed by atoms with Gasteiger partial charge in [0.05, 0.1) is 19.6 Å². The van der Waals surface area contributed by atoms with Gasteiger partial charge in [0.1, 0.15) is 5.75 Å². The number of aliphatic carboxylic acids is 1. The van der Waals surface area contributed by atoms with Gasteiger partial charge < -0.3 is 15.2 Å². The molecule has 0 bridgehead atoms. The molecule has 2 N–H and O–H groups in total. The summed E-state index contributed by atoms with van der Waals surface area (Å²) in [4.78, 5) is 23.4. The van der Waals surface area contributed by atoms with E-state index in [1.165, 1.54) is 0 Å². The highest BCUT2D eigenvalue weighted by molar-refractivity contribution is 5.94. The molecule has 0 saturated heterocycles. The van der Waals surface area contributed by atoms with Crippen molar-refractivity contribution in [2.45, 2.75) is 19.4 Å². The summed E-state index contributed by atoms with van der Waals surface area (Å²) in [5.41, 5.74) is 2.27. The Bertz CT molecular complexity index is 677. The number of hydrogen-bond donors (Lipinski definition) is 2. The summed E-state index contributed by atoms with van der Waals surface area (Å²) < 4.78 is 5.09. The molecule has 2 rings (SSSR count). The molecular weight excluding hydrogens is 294 g/mol.